The van der Waals surface area contributed by atoms with E-state index < -0.39 is 0 Å². The number of allylic oxidation sites excluding steroid dienone is 3. The lowest BCUT2D eigenvalue weighted by Gasteiger charge is -2.06. The zero-order valence-electron chi connectivity index (χ0n) is 6.18. The molecule has 2 nitrogen and oxygen atoms in total. The quantitative estimate of drug-likeness (QED) is 0.592. The van der Waals surface area contributed by atoms with E-state index in [-0.39, 0.29) is 5.91 Å². The molecule has 0 saturated heterocycles. The second-order valence-electron chi connectivity index (χ2n) is 2.27. The van der Waals surface area contributed by atoms with E-state index in [0.29, 0.717) is 6.42 Å². The predicted molar refractivity (Wildman–Crippen MR) is 46.9 cm³/mol. The van der Waals surface area contributed by atoms with Gasteiger partial charge in [-0.2, -0.15) is 0 Å². The Balaban J connectivity index is 2.64. The molecular weight excluding hydrogens is 158 g/mol. The fourth-order valence-corrected chi connectivity index (χ4v) is 1.01. The number of nitrogens with one attached hydrogen (secondary N) is 1. The molecule has 0 spiro atoms. The van der Waals surface area contributed by atoms with Crippen molar-refractivity contribution in [3.63, 3.8) is 0 Å². The summed E-state index contributed by atoms with van der Waals surface area (Å²) in [6.07, 6.45) is 7.12. The van der Waals surface area contributed by atoms with Gasteiger partial charge in [0.15, 0.2) is 0 Å². The Morgan fingerprint density at radius 1 is 1.82 bits per heavy atom. The number of carbonyl (C=O) groups is 1. The largest absolute Gasteiger partial charge is 0.326 e. The van der Waals surface area contributed by atoms with Crippen molar-refractivity contribution in [2.75, 3.05) is 0 Å². The number of hydrogen-bond donors (Lipinski definition) is 1. The van der Waals surface area contributed by atoms with E-state index in [1.165, 1.54) is 6.92 Å². The van der Waals surface area contributed by atoms with E-state index in [1.807, 2.05) is 0 Å². The van der Waals surface area contributed by atoms with Crippen molar-refractivity contribution in [3.05, 3.63) is 23.9 Å². The number of hydrogen-bond acceptors (Lipinski definition) is 2. The Bertz CT molecular complexity index is 253. The maximum Gasteiger partial charge on any atom is 0.221 e. The van der Waals surface area contributed by atoms with Crippen LogP contribution in [0.2, 0.25) is 0 Å². The van der Waals surface area contributed by atoms with Crippen molar-refractivity contribution in [1.29, 1.82) is 0 Å². The highest BCUT2D eigenvalue weighted by atomic mass is 32.1. The van der Waals surface area contributed by atoms with Gasteiger partial charge in [0.1, 0.15) is 0 Å². The van der Waals surface area contributed by atoms with Gasteiger partial charge in [-0.05, 0) is 18.2 Å². The molecule has 0 fully saturated rings. The third kappa shape index (κ3) is 2.63. The summed E-state index contributed by atoms with van der Waals surface area (Å²) in [7, 11) is 0. The smallest absolute Gasteiger partial charge is 0.221 e. The summed E-state index contributed by atoms with van der Waals surface area (Å²) >= 11 is 4.93. The van der Waals surface area contributed by atoms with Gasteiger partial charge in [-0.3, -0.25) is 4.79 Å². The van der Waals surface area contributed by atoms with E-state index in [4.69, 9.17) is 12.2 Å². The number of rotatable bonds is 1. The molecule has 1 N–H and O–H groups in total. The van der Waals surface area contributed by atoms with Crippen LogP contribution in [0.4, 0.5) is 0 Å². The SMILES string of the molecule is CC(=O)NC1=CC(=S)C[C]=C1. The first kappa shape index (κ1) is 8.14. The minimum Gasteiger partial charge on any atom is -0.326 e. The van der Waals surface area contributed by atoms with Gasteiger partial charge in [-0.15, -0.1) is 0 Å². The highest BCUT2D eigenvalue weighted by molar-refractivity contribution is 7.80. The molecule has 1 rings (SSSR count). The van der Waals surface area contributed by atoms with Crippen LogP contribution in [-0.4, -0.2) is 10.8 Å². The van der Waals surface area contributed by atoms with Crippen LogP contribution >= 0.6 is 12.2 Å². The molecule has 3 heteroatoms. The first-order valence-corrected chi connectivity index (χ1v) is 3.68. The van der Waals surface area contributed by atoms with Crippen molar-refractivity contribution in [2.24, 2.45) is 0 Å². The lowest BCUT2D eigenvalue weighted by Crippen LogP contribution is -2.19. The van der Waals surface area contributed by atoms with Gasteiger partial charge in [-0.25, -0.2) is 0 Å². The minimum atomic E-state index is -0.0843. The van der Waals surface area contributed by atoms with Crippen LogP contribution in [0.15, 0.2) is 17.8 Å². The van der Waals surface area contributed by atoms with Crippen LogP contribution in [-0.2, 0) is 4.79 Å². The highest BCUT2D eigenvalue weighted by Gasteiger charge is 2.01. The molecule has 0 heterocycles. The van der Waals surface area contributed by atoms with Crippen LogP contribution in [0.5, 0.6) is 0 Å². The molecular formula is C8H8NOS. The molecule has 0 aromatic heterocycles. The van der Waals surface area contributed by atoms with Gasteiger partial charge in [0.2, 0.25) is 5.91 Å². The average Bonchev–Trinajstić information content (AvgIpc) is 1.85. The summed E-state index contributed by atoms with van der Waals surface area (Å²) in [6, 6.07) is 0. The van der Waals surface area contributed by atoms with Gasteiger partial charge in [0, 0.05) is 23.9 Å². The number of carbonyl (C=O) groups excluding carboxylic acids is 1. The summed E-state index contributed by atoms with van der Waals surface area (Å²) in [6.45, 7) is 1.46. The van der Waals surface area contributed by atoms with Crippen LogP contribution < -0.4 is 5.32 Å². The molecule has 0 aromatic carbocycles. The van der Waals surface area contributed by atoms with Gasteiger partial charge in [0.25, 0.3) is 0 Å². The Kier molecular flexibility index (Phi) is 2.54. The summed E-state index contributed by atoms with van der Waals surface area (Å²) in [4.78, 5) is 11.4. The van der Waals surface area contributed by atoms with E-state index >= 15 is 0 Å². The molecule has 1 aliphatic carbocycles. The molecule has 1 radical (unpaired) electrons. The summed E-state index contributed by atoms with van der Waals surface area (Å²) in [5.41, 5.74) is 0.730. The van der Waals surface area contributed by atoms with E-state index in [0.717, 1.165) is 10.6 Å². The third-order valence-electron chi connectivity index (χ3n) is 1.17. The Morgan fingerprint density at radius 3 is 3.09 bits per heavy atom. The molecule has 0 saturated carbocycles. The molecule has 0 aromatic rings. The van der Waals surface area contributed by atoms with Gasteiger partial charge < -0.3 is 5.32 Å². The molecule has 0 unspecified atom stereocenters. The average molecular weight is 166 g/mol. The fourth-order valence-electron chi connectivity index (χ4n) is 0.803. The number of amides is 1. The first-order valence-electron chi connectivity index (χ1n) is 3.27. The lowest BCUT2D eigenvalue weighted by atomic mass is 10.1. The third-order valence-corrected chi connectivity index (χ3v) is 1.43. The summed E-state index contributed by atoms with van der Waals surface area (Å²) < 4.78 is 0. The molecule has 11 heavy (non-hydrogen) atoms. The molecule has 57 valence electrons. The Morgan fingerprint density at radius 2 is 2.55 bits per heavy atom. The second kappa shape index (κ2) is 3.44. The maximum absolute atomic E-state index is 10.6. The predicted octanol–water partition coefficient (Wildman–Crippen LogP) is 1.14. The van der Waals surface area contributed by atoms with Crippen LogP contribution in [0.1, 0.15) is 13.3 Å². The van der Waals surface area contributed by atoms with Crippen molar-refractivity contribution in [1.82, 2.24) is 5.32 Å². The summed E-state index contributed by atoms with van der Waals surface area (Å²) in [5.74, 6) is -0.0843. The fraction of sp³-hybridized carbons (Fsp3) is 0.250. The Hall–Kier alpha value is -0.960. The van der Waals surface area contributed by atoms with Crippen LogP contribution in [0.3, 0.4) is 0 Å². The van der Waals surface area contributed by atoms with Gasteiger partial charge in [-0.1, -0.05) is 12.2 Å². The zero-order chi connectivity index (χ0) is 8.27. The van der Waals surface area contributed by atoms with Crippen molar-refractivity contribution < 1.29 is 4.79 Å². The second-order valence-corrected chi connectivity index (χ2v) is 2.80. The zero-order valence-corrected chi connectivity index (χ0v) is 6.99. The Labute approximate surface area is 71.0 Å². The van der Waals surface area contributed by atoms with Gasteiger partial charge in [0.05, 0.1) is 0 Å². The molecule has 0 aliphatic heterocycles. The molecule has 1 amide bonds. The van der Waals surface area contributed by atoms with Crippen molar-refractivity contribution >= 4 is 23.0 Å². The van der Waals surface area contributed by atoms with E-state index in [2.05, 4.69) is 11.4 Å². The standard InChI is InChI=1S/C8H8NOS/c1-6(10)9-7-3-2-4-8(11)5-7/h3,5H,4H2,1H3,(H,9,10). The molecule has 1 aliphatic rings. The highest BCUT2D eigenvalue weighted by Crippen LogP contribution is 2.04. The first-order chi connectivity index (χ1) is 5.18. The van der Waals surface area contributed by atoms with Crippen molar-refractivity contribution in [2.45, 2.75) is 13.3 Å². The van der Waals surface area contributed by atoms with Gasteiger partial charge >= 0.3 is 0 Å². The summed E-state index contributed by atoms with van der Waals surface area (Å²) in [5, 5.41) is 2.63. The minimum absolute atomic E-state index is 0.0843. The van der Waals surface area contributed by atoms with Crippen molar-refractivity contribution in [3.8, 4) is 0 Å². The number of thiocarbonyl (C=S) groups is 1. The topological polar surface area (TPSA) is 29.1 Å². The molecule has 0 atom stereocenters. The van der Waals surface area contributed by atoms with E-state index in [1.54, 1.807) is 12.2 Å². The maximum atomic E-state index is 10.6. The lowest BCUT2D eigenvalue weighted by molar-refractivity contribution is -0.118. The van der Waals surface area contributed by atoms with E-state index in [9.17, 15) is 4.79 Å². The van der Waals surface area contributed by atoms with Crippen LogP contribution in [0.25, 0.3) is 0 Å². The van der Waals surface area contributed by atoms with Crippen LogP contribution in [0, 0.1) is 6.08 Å². The normalized spacial score (nSPS) is 16.1. The monoisotopic (exact) mass is 166 g/mol. The molecule has 0 bridgehead atoms.